The van der Waals surface area contributed by atoms with Crippen molar-refractivity contribution in [2.75, 3.05) is 12.0 Å². The lowest BCUT2D eigenvalue weighted by Crippen LogP contribution is -2.40. The van der Waals surface area contributed by atoms with Crippen LogP contribution in [0.1, 0.15) is 25.8 Å². The Morgan fingerprint density at radius 3 is 2.29 bits per heavy atom. The molecule has 0 aliphatic carbocycles. The van der Waals surface area contributed by atoms with E-state index in [-0.39, 0.29) is 35.9 Å². The van der Waals surface area contributed by atoms with Crippen LogP contribution < -0.4 is 5.32 Å². The van der Waals surface area contributed by atoms with E-state index in [4.69, 9.17) is 0 Å². The van der Waals surface area contributed by atoms with Crippen LogP contribution in [0.2, 0.25) is 0 Å². The van der Waals surface area contributed by atoms with Gasteiger partial charge in [-0.25, -0.2) is 12.8 Å². The lowest BCUT2D eigenvalue weighted by Gasteiger charge is -2.22. The van der Waals surface area contributed by atoms with E-state index in [1.54, 1.807) is 12.1 Å². The van der Waals surface area contributed by atoms with Crippen LogP contribution in [-0.2, 0) is 21.1 Å². The molecule has 1 aromatic rings. The predicted molar refractivity (Wildman–Crippen MR) is 81.2 cm³/mol. The minimum Gasteiger partial charge on any atom is -0.353 e. The Kier molecular flexibility index (Phi) is 6.33. The molecule has 0 spiro atoms. The third-order valence-corrected chi connectivity index (χ3v) is 4.17. The lowest BCUT2D eigenvalue weighted by atomic mass is 9.96. The van der Waals surface area contributed by atoms with Gasteiger partial charge in [0.25, 0.3) is 0 Å². The average molecular weight is 315 g/mol. The standard InChI is InChI=1S/C15H22FNO3S/c1-11(2)14(10-12-4-6-13(16)7-5-12)17-15(18)8-9-21(3,19)20/h4-7,11,14H,8-10H2,1-3H3,(H,17,18)/t14-/m0/s1. The highest BCUT2D eigenvalue weighted by Gasteiger charge is 2.17. The summed E-state index contributed by atoms with van der Waals surface area (Å²) in [5, 5.41) is 2.86. The van der Waals surface area contributed by atoms with Crippen molar-refractivity contribution in [1.82, 2.24) is 5.32 Å². The van der Waals surface area contributed by atoms with Gasteiger partial charge >= 0.3 is 0 Å². The fourth-order valence-electron chi connectivity index (χ4n) is 1.88. The summed E-state index contributed by atoms with van der Waals surface area (Å²) in [6.07, 6.45) is 1.66. The highest BCUT2D eigenvalue weighted by molar-refractivity contribution is 7.90. The van der Waals surface area contributed by atoms with Crippen molar-refractivity contribution in [2.45, 2.75) is 32.7 Å². The zero-order valence-corrected chi connectivity index (χ0v) is 13.4. The number of amides is 1. The van der Waals surface area contributed by atoms with Crippen LogP contribution in [0.5, 0.6) is 0 Å². The first-order valence-corrected chi connectivity index (χ1v) is 8.95. The molecule has 1 rings (SSSR count). The third-order valence-electron chi connectivity index (χ3n) is 3.22. The molecule has 0 saturated carbocycles. The van der Waals surface area contributed by atoms with E-state index in [1.165, 1.54) is 12.1 Å². The van der Waals surface area contributed by atoms with Crippen molar-refractivity contribution < 1.29 is 17.6 Å². The van der Waals surface area contributed by atoms with Crippen molar-refractivity contribution >= 4 is 15.7 Å². The van der Waals surface area contributed by atoms with Crippen LogP contribution >= 0.6 is 0 Å². The van der Waals surface area contributed by atoms with E-state index in [2.05, 4.69) is 5.32 Å². The molecule has 0 aromatic heterocycles. The van der Waals surface area contributed by atoms with Crippen molar-refractivity contribution in [3.05, 3.63) is 35.6 Å². The molecule has 0 radical (unpaired) electrons. The number of sulfone groups is 1. The second-order valence-corrected chi connectivity index (χ2v) is 7.89. The highest BCUT2D eigenvalue weighted by atomic mass is 32.2. The van der Waals surface area contributed by atoms with Crippen LogP contribution in [0.4, 0.5) is 4.39 Å². The molecule has 0 aliphatic rings. The average Bonchev–Trinajstić information content (AvgIpc) is 2.37. The minimum atomic E-state index is -3.14. The summed E-state index contributed by atoms with van der Waals surface area (Å²) in [5.41, 5.74) is 0.929. The number of hydrogen-bond acceptors (Lipinski definition) is 3. The van der Waals surface area contributed by atoms with E-state index < -0.39 is 9.84 Å². The molecule has 0 fully saturated rings. The van der Waals surface area contributed by atoms with Gasteiger partial charge in [-0.2, -0.15) is 0 Å². The molecular formula is C15H22FNO3S. The predicted octanol–water partition coefficient (Wildman–Crippen LogP) is 1.94. The minimum absolute atomic E-state index is 0.0362. The molecule has 21 heavy (non-hydrogen) atoms. The number of halogens is 1. The van der Waals surface area contributed by atoms with Crippen molar-refractivity contribution in [3.8, 4) is 0 Å². The van der Waals surface area contributed by atoms with Gasteiger partial charge < -0.3 is 5.32 Å². The maximum Gasteiger partial charge on any atom is 0.221 e. The number of benzene rings is 1. The topological polar surface area (TPSA) is 63.2 Å². The number of rotatable bonds is 7. The van der Waals surface area contributed by atoms with Gasteiger partial charge in [-0.1, -0.05) is 26.0 Å². The summed E-state index contributed by atoms with van der Waals surface area (Å²) in [7, 11) is -3.14. The molecule has 1 N–H and O–H groups in total. The number of nitrogens with one attached hydrogen (secondary N) is 1. The Labute approximate surface area is 125 Å². The number of carbonyl (C=O) groups excluding carboxylic acids is 1. The zero-order valence-electron chi connectivity index (χ0n) is 12.6. The van der Waals surface area contributed by atoms with Crippen LogP contribution in [-0.4, -0.2) is 32.4 Å². The SMILES string of the molecule is CC(C)[C@H](Cc1ccc(F)cc1)NC(=O)CCS(C)(=O)=O. The normalized spacial score (nSPS) is 13.2. The van der Waals surface area contributed by atoms with Crippen LogP contribution in [0, 0.1) is 11.7 Å². The molecule has 6 heteroatoms. The number of hydrogen-bond donors (Lipinski definition) is 1. The Morgan fingerprint density at radius 2 is 1.81 bits per heavy atom. The second-order valence-electron chi connectivity index (χ2n) is 5.63. The summed E-state index contributed by atoms with van der Waals surface area (Å²) in [6, 6.07) is 6.04. The summed E-state index contributed by atoms with van der Waals surface area (Å²) >= 11 is 0. The van der Waals surface area contributed by atoms with Crippen molar-refractivity contribution in [2.24, 2.45) is 5.92 Å². The second kappa shape index (κ2) is 7.54. The maximum absolute atomic E-state index is 12.9. The highest BCUT2D eigenvalue weighted by Crippen LogP contribution is 2.11. The first-order chi connectivity index (χ1) is 9.67. The van der Waals surface area contributed by atoms with Gasteiger partial charge in [0, 0.05) is 18.7 Å². The third kappa shape index (κ3) is 7.22. The quantitative estimate of drug-likeness (QED) is 0.836. The fraction of sp³-hybridized carbons (Fsp3) is 0.533. The summed E-state index contributed by atoms with van der Waals surface area (Å²) < 4.78 is 35.0. The summed E-state index contributed by atoms with van der Waals surface area (Å²) in [4.78, 5) is 11.8. The van der Waals surface area contributed by atoms with E-state index >= 15 is 0 Å². The first-order valence-electron chi connectivity index (χ1n) is 6.89. The smallest absolute Gasteiger partial charge is 0.221 e. The Bertz CT molecular complexity index is 567. The van der Waals surface area contributed by atoms with Gasteiger partial charge in [0.15, 0.2) is 0 Å². The Morgan fingerprint density at radius 1 is 1.24 bits per heavy atom. The zero-order chi connectivity index (χ0) is 16.0. The van der Waals surface area contributed by atoms with E-state index in [0.29, 0.717) is 6.42 Å². The van der Waals surface area contributed by atoms with Gasteiger partial charge in [-0.05, 0) is 30.0 Å². The van der Waals surface area contributed by atoms with Crippen LogP contribution in [0.3, 0.4) is 0 Å². The molecule has 0 saturated heterocycles. The summed E-state index contributed by atoms with van der Waals surface area (Å²) in [6.45, 7) is 3.95. The maximum atomic E-state index is 12.9. The molecule has 0 heterocycles. The molecule has 1 atom stereocenters. The molecule has 1 amide bonds. The molecule has 0 bridgehead atoms. The van der Waals surface area contributed by atoms with Gasteiger partial charge in [-0.3, -0.25) is 4.79 Å². The van der Waals surface area contributed by atoms with Gasteiger partial charge in [0.2, 0.25) is 5.91 Å². The molecule has 0 aliphatic heterocycles. The van der Waals surface area contributed by atoms with Crippen LogP contribution in [0.15, 0.2) is 24.3 Å². The first kappa shape index (κ1) is 17.6. The van der Waals surface area contributed by atoms with E-state index in [9.17, 15) is 17.6 Å². The fourth-order valence-corrected chi connectivity index (χ4v) is 2.44. The van der Waals surface area contributed by atoms with E-state index in [0.717, 1.165) is 11.8 Å². The van der Waals surface area contributed by atoms with Crippen molar-refractivity contribution in [3.63, 3.8) is 0 Å². The lowest BCUT2D eigenvalue weighted by molar-refractivity contribution is -0.121. The molecular weight excluding hydrogens is 293 g/mol. The molecule has 1 aromatic carbocycles. The molecule has 118 valence electrons. The van der Waals surface area contributed by atoms with Crippen LogP contribution in [0.25, 0.3) is 0 Å². The largest absolute Gasteiger partial charge is 0.353 e. The Balaban J connectivity index is 2.61. The summed E-state index contributed by atoms with van der Waals surface area (Å²) in [5.74, 6) is -0.532. The van der Waals surface area contributed by atoms with Gasteiger partial charge in [0.1, 0.15) is 15.7 Å². The monoisotopic (exact) mass is 315 g/mol. The molecule has 0 unspecified atom stereocenters. The number of carbonyl (C=O) groups is 1. The van der Waals surface area contributed by atoms with E-state index in [1.807, 2.05) is 13.8 Å². The Hall–Kier alpha value is -1.43. The van der Waals surface area contributed by atoms with Gasteiger partial charge in [0.05, 0.1) is 5.75 Å². The van der Waals surface area contributed by atoms with Gasteiger partial charge in [-0.15, -0.1) is 0 Å². The van der Waals surface area contributed by atoms with Crippen molar-refractivity contribution in [1.29, 1.82) is 0 Å². The molecule has 4 nitrogen and oxygen atoms in total.